The third-order valence-corrected chi connectivity index (χ3v) is 4.09. The molecular weight excluding hydrogens is 369 g/mol. The molecule has 27 heavy (non-hydrogen) atoms. The van der Waals surface area contributed by atoms with E-state index in [4.69, 9.17) is 12.2 Å². The first kappa shape index (κ1) is 18.4. The number of hydrogen-bond acceptors (Lipinski definition) is 5. The molecule has 2 aromatic carbocycles. The highest BCUT2D eigenvalue weighted by Gasteiger charge is 2.12. The van der Waals surface area contributed by atoms with Gasteiger partial charge >= 0.3 is 0 Å². The van der Waals surface area contributed by atoms with Gasteiger partial charge in [0.1, 0.15) is 11.4 Å². The van der Waals surface area contributed by atoms with Crippen LogP contribution in [0.5, 0.6) is 5.88 Å². The third-order valence-electron chi connectivity index (χ3n) is 3.80. The SMILES string of the molecule is CC(=O)c1cccc(N=Cc2c(O)n(-c3ccc(F)cc3)c(=S)[nH]c2=O)c1. The van der Waals surface area contributed by atoms with Crippen LogP contribution in [-0.2, 0) is 0 Å². The zero-order valence-electron chi connectivity index (χ0n) is 14.1. The van der Waals surface area contributed by atoms with E-state index < -0.39 is 17.3 Å². The maximum atomic E-state index is 13.1. The van der Waals surface area contributed by atoms with Crippen molar-refractivity contribution in [3.8, 4) is 11.6 Å². The van der Waals surface area contributed by atoms with Crippen molar-refractivity contribution in [1.29, 1.82) is 0 Å². The zero-order chi connectivity index (χ0) is 19.6. The van der Waals surface area contributed by atoms with Gasteiger partial charge in [0.15, 0.2) is 10.6 Å². The first-order valence-electron chi connectivity index (χ1n) is 7.86. The highest BCUT2D eigenvalue weighted by atomic mass is 32.1. The van der Waals surface area contributed by atoms with Gasteiger partial charge in [-0.1, -0.05) is 12.1 Å². The maximum absolute atomic E-state index is 13.1. The Hall–Kier alpha value is -3.39. The molecular formula is C19H14FN3O3S. The van der Waals surface area contributed by atoms with Gasteiger partial charge in [-0.15, -0.1) is 0 Å². The summed E-state index contributed by atoms with van der Waals surface area (Å²) < 4.78 is 14.3. The van der Waals surface area contributed by atoms with E-state index in [1.54, 1.807) is 24.3 Å². The number of aromatic nitrogens is 2. The van der Waals surface area contributed by atoms with E-state index in [0.717, 1.165) is 0 Å². The Morgan fingerprint density at radius 3 is 2.63 bits per heavy atom. The van der Waals surface area contributed by atoms with Crippen molar-refractivity contribution in [3.05, 3.63) is 80.6 Å². The van der Waals surface area contributed by atoms with Crippen molar-refractivity contribution in [1.82, 2.24) is 9.55 Å². The molecule has 8 heteroatoms. The number of aromatic amines is 1. The highest BCUT2D eigenvalue weighted by Crippen LogP contribution is 2.20. The van der Waals surface area contributed by atoms with Gasteiger partial charge in [-0.05, 0) is 55.5 Å². The molecule has 0 aliphatic rings. The van der Waals surface area contributed by atoms with Crippen LogP contribution in [-0.4, -0.2) is 26.7 Å². The smallest absolute Gasteiger partial charge is 0.264 e. The molecule has 2 N–H and O–H groups in total. The molecule has 0 saturated heterocycles. The van der Waals surface area contributed by atoms with Gasteiger partial charge in [0.05, 0.1) is 11.4 Å². The van der Waals surface area contributed by atoms with E-state index >= 15 is 0 Å². The fraction of sp³-hybridized carbons (Fsp3) is 0.0526. The minimum absolute atomic E-state index is 0.0418. The second-order valence-electron chi connectivity index (χ2n) is 5.67. The van der Waals surface area contributed by atoms with Crippen LogP contribution < -0.4 is 5.56 Å². The lowest BCUT2D eigenvalue weighted by molar-refractivity contribution is 0.101. The summed E-state index contributed by atoms with van der Waals surface area (Å²) in [7, 11) is 0. The Labute approximate surface area is 158 Å². The Bertz CT molecular complexity index is 1160. The molecule has 1 aromatic heterocycles. The number of aromatic hydroxyl groups is 1. The van der Waals surface area contributed by atoms with Crippen LogP contribution in [0.1, 0.15) is 22.8 Å². The summed E-state index contributed by atoms with van der Waals surface area (Å²) in [6.45, 7) is 1.44. The van der Waals surface area contributed by atoms with Crippen LogP contribution in [0.15, 0.2) is 58.3 Å². The highest BCUT2D eigenvalue weighted by molar-refractivity contribution is 7.71. The molecule has 0 bridgehead atoms. The van der Waals surface area contributed by atoms with Crippen LogP contribution in [0, 0.1) is 10.6 Å². The van der Waals surface area contributed by atoms with Crippen molar-refractivity contribution in [2.75, 3.05) is 0 Å². The molecule has 0 unspecified atom stereocenters. The molecule has 0 radical (unpaired) electrons. The number of nitrogens with zero attached hydrogens (tertiary/aromatic N) is 2. The molecule has 0 atom stereocenters. The molecule has 3 aromatic rings. The van der Waals surface area contributed by atoms with Crippen LogP contribution >= 0.6 is 12.2 Å². The average Bonchev–Trinajstić information content (AvgIpc) is 2.63. The lowest BCUT2D eigenvalue weighted by Gasteiger charge is -2.11. The van der Waals surface area contributed by atoms with Crippen LogP contribution in [0.3, 0.4) is 0 Å². The van der Waals surface area contributed by atoms with Gasteiger partial charge in [-0.3, -0.25) is 24.1 Å². The second-order valence-corrected chi connectivity index (χ2v) is 6.06. The lowest BCUT2D eigenvalue weighted by atomic mass is 10.1. The molecule has 136 valence electrons. The number of carbonyl (C=O) groups excluding carboxylic acids is 1. The molecule has 0 fully saturated rings. The number of carbonyl (C=O) groups is 1. The van der Waals surface area contributed by atoms with Crippen molar-refractivity contribution in [2.45, 2.75) is 6.92 Å². The number of hydrogen-bond donors (Lipinski definition) is 2. The van der Waals surface area contributed by atoms with Crippen molar-refractivity contribution in [3.63, 3.8) is 0 Å². The van der Waals surface area contributed by atoms with E-state index in [9.17, 15) is 19.1 Å². The first-order chi connectivity index (χ1) is 12.9. The van der Waals surface area contributed by atoms with E-state index in [1.807, 2.05) is 0 Å². The molecule has 6 nitrogen and oxygen atoms in total. The zero-order valence-corrected chi connectivity index (χ0v) is 15.0. The quantitative estimate of drug-likeness (QED) is 0.409. The summed E-state index contributed by atoms with van der Waals surface area (Å²) in [6.07, 6.45) is 1.18. The Morgan fingerprint density at radius 1 is 1.26 bits per heavy atom. The topological polar surface area (TPSA) is 87.4 Å². The van der Waals surface area contributed by atoms with Gasteiger partial charge in [-0.25, -0.2) is 4.39 Å². The van der Waals surface area contributed by atoms with Gasteiger partial charge in [0.25, 0.3) is 5.56 Å². The van der Waals surface area contributed by atoms with Crippen molar-refractivity contribution < 1.29 is 14.3 Å². The summed E-state index contributed by atoms with van der Waals surface area (Å²) in [5, 5.41) is 10.5. The lowest BCUT2D eigenvalue weighted by Crippen LogP contribution is -2.18. The molecule has 0 aliphatic heterocycles. The van der Waals surface area contributed by atoms with Crippen LogP contribution in [0.4, 0.5) is 10.1 Å². The summed E-state index contributed by atoms with van der Waals surface area (Å²) in [5.74, 6) is -0.986. The minimum Gasteiger partial charge on any atom is -0.494 e. The Balaban J connectivity index is 2.09. The fourth-order valence-electron chi connectivity index (χ4n) is 2.43. The van der Waals surface area contributed by atoms with Gasteiger partial charge < -0.3 is 5.11 Å². The fourth-order valence-corrected chi connectivity index (χ4v) is 2.71. The van der Waals surface area contributed by atoms with Crippen molar-refractivity contribution in [2.24, 2.45) is 4.99 Å². The van der Waals surface area contributed by atoms with E-state index in [0.29, 0.717) is 16.9 Å². The normalized spacial score (nSPS) is 11.0. The third kappa shape index (κ3) is 3.90. The second kappa shape index (κ2) is 7.46. The number of aliphatic imine (C=N–C) groups is 1. The molecule has 0 spiro atoms. The standard InChI is InChI=1S/C19H14FN3O3S/c1-11(24)12-3-2-4-14(9-12)21-10-16-17(25)22-19(27)23(18(16)26)15-7-5-13(20)6-8-15/h2-10,26H,1H3,(H,22,25,27). The largest absolute Gasteiger partial charge is 0.494 e. The maximum Gasteiger partial charge on any atom is 0.264 e. The van der Waals surface area contributed by atoms with Gasteiger partial charge in [-0.2, -0.15) is 0 Å². The molecule has 0 amide bonds. The molecule has 3 rings (SSSR count). The van der Waals surface area contributed by atoms with Gasteiger partial charge in [0.2, 0.25) is 5.88 Å². The molecule has 0 aliphatic carbocycles. The predicted octanol–water partition coefficient (Wildman–Crippen LogP) is 3.69. The number of H-pyrrole nitrogens is 1. The van der Waals surface area contributed by atoms with Crippen molar-refractivity contribution >= 4 is 29.9 Å². The summed E-state index contributed by atoms with van der Waals surface area (Å²) in [6, 6.07) is 11.8. The molecule has 0 saturated carbocycles. The van der Waals surface area contributed by atoms with E-state index in [-0.39, 0.29) is 16.1 Å². The first-order valence-corrected chi connectivity index (χ1v) is 8.27. The van der Waals surface area contributed by atoms with Crippen LogP contribution in [0.2, 0.25) is 0 Å². The average molecular weight is 383 g/mol. The predicted molar refractivity (Wildman–Crippen MR) is 103 cm³/mol. The number of benzene rings is 2. The number of Topliss-reactive ketones (excluding diaryl/α,β-unsaturated/α-hetero) is 1. The number of nitrogens with one attached hydrogen (secondary N) is 1. The monoisotopic (exact) mass is 383 g/mol. The van der Waals surface area contributed by atoms with Gasteiger partial charge in [0, 0.05) is 11.8 Å². The number of ketones is 1. The van der Waals surface area contributed by atoms with E-state index in [1.165, 1.54) is 42.0 Å². The summed E-state index contributed by atoms with van der Waals surface area (Å²) >= 11 is 5.10. The Kier molecular flexibility index (Phi) is 5.09. The Morgan fingerprint density at radius 2 is 1.96 bits per heavy atom. The number of rotatable bonds is 4. The van der Waals surface area contributed by atoms with Crippen LogP contribution in [0.25, 0.3) is 5.69 Å². The molecule has 1 heterocycles. The number of halogens is 1. The summed E-state index contributed by atoms with van der Waals surface area (Å²) in [4.78, 5) is 30.3. The minimum atomic E-state index is -0.623. The summed E-state index contributed by atoms with van der Waals surface area (Å²) in [5.41, 5.74) is 0.550. The van der Waals surface area contributed by atoms with E-state index in [2.05, 4.69) is 9.98 Å².